The monoisotopic (exact) mass is 339 g/mol. The number of hydrogen-bond acceptors (Lipinski definition) is 3. The van der Waals surface area contributed by atoms with Crippen LogP contribution in [0, 0.1) is 0 Å². The van der Waals surface area contributed by atoms with E-state index in [1.165, 1.54) is 22.9 Å². The van der Waals surface area contributed by atoms with Crippen LogP contribution in [0.25, 0.3) is 5.70 Å². The molecule has 136 valence electrons. The molecule has 25 heavy (non-hydrogen) atoms. The van der Waals surface area contributed by atoms with Gasteiger partial charge in [-0.2, -0.15) is 0 Å². The van der Waals surface area contributed by atoms with Crippen LogP contribution in [0.4, 0.5) is 0 Å². The van der Waals surface area contributed by atoms with Gasteiger partial charge in [-0.1, -0.05) is 62.7 Å². The second-order valence-electron chi connectivity index (χ2n) is 5.68. The average molecular weight is 340 g/mol. The maximum Gasteiger partial charge on any atom is 0.0579 e. The van der Waals surface area contributed by atoms with E-state index in [1.54, 1.807) is 6.92 Å². The van der Waals surface area contributed by atoms with Crippen molar-refractivity contribution in [3.8, 4) is 0 Å². The van der Waals surface area contributed by atoms with E-state index in [0.29, 0.717) is 11.7 Å². The molecule has 0 spiro atoms. The highest BCUT2D eigenvalue weighted by Crippen LogP contribution is 2.33. The lowest BCUT2D eigenvalue weighted by Crippen LogP contribution is -2.39. The van der Waals surface area contributed by atoms with Gasteiger partial charge in [-0.15, -0.1) is 0 Å². The summed E-state index contributed by atoms with van der Waals surface area (Å²) in [5, 5.41) is 0. The van der Waals surface area contributed by atoms with Gasteiger partial charge in [0.2, 0.25) is 0 Å². The largest absolute Gasteiger partial charge is 0.405 e. The minimum Gasteiger partial charge on any atom is -0.405 e. The summed E-state index contributed by atoms with van der Waals surface area (Å²) < 4.78 is 0. The molecule has 0 saturated carbocycles. The summed E-state index contributed by atoms with van der Waals surface area (Å²) in [6, 6.07) is 8.94. The number of nitrogens with zero attached hydrogens (tertiary/aromatic N) is 1. The van der Waals surface area contributed by atoms with Gasteiger partial charge in [-0.05, 0) is 50.2 Å². The molecular formula is C22H33N3. The molecule has 4 N–H and O–H groups in total. The Bertz CT molecular complexity index is 622. The van der Waals surface area contributed by atoms with E-state index in [0.717, 1.165) is 18.7 Å². The van der Waals surface area contributed by atoms with Crippen molar-refractivity contribution in [2.75, 3.05) is 6.54 Å². The van der Waals surface area contributed by atoms with E-state index in [4.69, 9.17) is 5.73 Å². The molecule has 0 aliphatic carbocycles. The lowest BCUT2D eigenvalue weighted by Gasteiger charge is -2.40. The van der Waals surface area contributed by atoms with Gasteiger partial charge in [-0.3, -0.25) is 0 Å². The number of benzene rings is 1. The van der Waals surface area contributed by atoms with E-state index in [2.05, 4.69) is 81.1 Å². The zero-order valence-corrected chi connectivity index (χ0v) is 16.0. The minimum atomic E-state index is 0.375. The van der Waals surface area contributed by atoms with Crippen LogP contribution in [0.2, 0.25) is 0 Å². The number of likely N-dealkylation sites (N-methyl/N-ethyl adjacent to an activating group) is 1. The summed E-state index contributed by atoms with van der Waals surface area (Å²) >= 11 is 0. The predicted octanol–water partition coefficient (Wildman–Crippen LogP) is 4.60. The molecule has 0 amide bonds. The number of rotatable bonds is 3. The lowest BCUT2D eigenvalue weighted by molar-refractivity contribution is 0.333. The fraction of sp³-hybridized carbons (Fsp3) is 0.273. The highest BCUT2D eigenvalue weighted by molar-refractivity contribution is 5.68. The number of hydrogen-bond donors (Lipinski definition) is 2. The maximum atomic E-state index is 4.92. The van der Waals surface area contributed by atoms with Crippen LogP contribution in [0.15, 0.2) is 80.2 Å². The molecule has 1 aliphatic heterocycles. The Morgan fingerprint density at radius 3 is 2.28 bits per heavy atom. The van der Waals surface area contributed by atoms with Gasteiger partial charge in [0, 0.05) is 17.8 Å². The molecule has 0 bridgehead atoms. The highest BCUT2D eigenvalue weighted by atomic mass is 15.2. The first-order valence-electron chi connectivity index (χ1n) is 8.43. The predicted molar refractivity (Wildman–Crippen MR) is 113 cm³/mol. The van der Waals surface area contributed by atoms with Gasteiger partial charge in [0.25, 0.3) is 0 Å². The Morgan fingerprint density at radius 2 is 1.84 bits per heavy atom. The average Bonchev–Trinajstić information content (AvgIpc) is 2.56. The summed E-state index contributed by atoms with van der Waals surface area (Å²) in [4.78, 5) is 2.37. The molecule has 1 atom stereocenters. The van der Waals surface area contributed by atoms with Crippen molar-refractivity contribution in [1.82, 2.24) is 4.90 Å². The molecule has 0 saturated heterocycles. The molecule has 0 fully saturated rings. The normalized spacial score (nSPS) is 15.6. The standard InChI is InChI=1S/C17H21N.C3H7N.C2H5N/c1-5-14(6-2)17-12-15-10-8-9-11-16(15)13(4)18(17)7-3;1-3(2)4;1-2-3/h5-6,8-11,17H,1,4,7,12H2,2-3H3;1,4H2,2H3;2H,1,3H2/b14-6+;;. The fourth-order valence-electron chi connectivity index (χ4n) is 2.80. The first-order valence-corrected chi connectivity index (χ1v) is 8.43. The van der Waals surface area contributed by atoms with Gasteiger partial charge in [0.15, 0.2) is 0 Å². The van der Waals surface area contributed by atoms with E-state index < -0.39 is 0 Å². The molecule has 1 aromatic rings. The summed E-state index contributed by atoms with van der Waals surface area (Å²) in [6.07, 6.45) is 6.41. The molecule has 1 aliphatic rings. The van der Waals surface area contributed by atoms with Crippen LogP contribution < -0.4 is 11.5 Å². The minimum absolute atomic E-state index is 0.375. The Hall–Kier alpha value is -2.68. The van der Waals surface area contributed by atoms with E-state index in [-0.39, 0.29) is 0 Å². The number of fused-ring (bicyclic) bond motifs is 1. The topological polar surface area (TPSA) is 55.3 Å². The van der Waals surface area contributed by atoms with Crippen molar-refractivity contribution in [2.24, 2.45) is 11.5 Å². The molecule has 0 radical (unpaired) electrons. The van der Waals surface area contributed by atoms with Crippen molar-refractivity contribution in [1.29, 1.82) is 0 Å². The lowest BCUT2D eigenvalue weighted by atomic mass is 9.88. The second kappa shape index (κ2) is 11.8. The molecule has 1 aromatic carbocycles. The Labute approximate surface area is 153 Å². The third-order valence-electron chi connectivity index (χ3n) is 3.76. The molecule has 1 heterocycles. The van der Waals surface area contributed by atoms with E-state index in [1.807, 2.05) is 6.08 Å². The smallest absolute Gasteiger partial charge is 0.0579 e. The van der Waals surface area contributed by atoms with E-state index in [9.17, 15) is 0 Å². The summed E-state index contributed by atoms with van der Waals surface area (Å²) in [5.41, 5.74) is 15.3. The summed E-state index contributed by atoms with van der Waals surface area (Å²) in [6.45, 7) is 21.7. The third-order valence-corrected chi connectivity index (χ3v) is 3.76. The molecular weight excluding hydrogens is 306 g/mol. The Morgan fingerprint density at radius 1 is 1.32 bits per heavy atom. The van der Waals surface area contributed by atoms with Gasteiger partial charge < -0.3 is 16.4 Å². The summed E-state index contributed by atoms with van der Waals surface area (Å²) in [5.74, 6) is 0. The molecule has 2 rings (SSSR count). The van der Waals surface area contributed by atoms with Crippen LogP contribution >= 0.6 is 0 Å². The van der Waals surface area contributed by atoms with Gasteiger partial charge >= 0.3 is 0 Å². The fourth-order valence-corrected chi connectivity index (χ4v) is 2.80. The van der Waals surface area contributed by atoms with Crippen molar-refractivity contribution in [3.05, 3.63) is 91.3 Å². The van der Waals surface area contributed by atoms with E-state index >= 15 is 0 Å². The SMILES string of the molecule is C=C(C)N.C=C/C(=C\C)C1Cc2ccccc2C(=C)N1CC.C=CN. The van der Waals surface area contributed by atoms with Crippen LogP contribution in [-0.4, -0.2) is 17.5 Å². The number of allylic oxidation sites excluding steroid dienone is 2. The quantitative estimate of drug-likeness (QED) is 0.791. The van der Waals surface area contributed by atoms with Crippen LogP contribution in [-0.2, 0) is 6.42 Å². The van der Waals surface area contributed by atoms with Crippen LogP contribution in [0.1, 0.15) is 31.9 Å². The zero-order valence-electron chi connectivity index (χ0n) is 16.0. The molecule has 3 nitrogen and oxygen atoms in total. The maximum absolute atomic E-state index is 4.92. The van der Waals surface area contributed by atoms with Crippen molar-refractivity contribution in [3.63, 3.8) is 0 Å². The summed E-state index contributed by atoms with van der Waals surface area (Å²) in [7, 11) is 0. The van der Waals surface area contributed by atoms with Gasteiger partial charge in [-0.25, -0.2) is 0 Å². The van der Waals surface area contributed by atoms with Crippen molar-refractivity contribution >= 4 is 5.70 Å². The molecule has 3 heteroatoms. The number of nitrogens with two attached hydrogens (primary N) is 2. The first-order chi connectivity index (χ1) is 11.9. The van der Waals surface area contributed by atoms with Gasteiger partial charge in [0.05, 0.1) is 6.04 Å². The second-order valence-corrected chi connectivity index (χ2v) is 5.68. The van der Waals surface area contributed by atoms with Gasteiger partial charge in [0.1, 0.15) is 0 Å². The zero-order chi connectivity index (χ0) is 19.4. The Balaban J connectivity index is 0.000000708. The van der Waals surface area contributed by atoms with Crippen LogP contribution in [0.5, 0.6) is 0 Å². The highest BCUT2D eigenvalue weighted by Gasteiger charge is 2.28. The molecule has 0 aromatic heterocycles. The third kappa shape index (κ3) is 6.76. The van der Waals surface area contributed by atoms with Crippen molar-refractivity contribution in [2.45, 2.75) is 33.2 Å². The van der Waals surface area contributed by atoms with Crippen molar-refractivity contribution < 1.29 is 0 Å². The van der Waals surface area contributed by atoms with Crippen LogP contribution in [0.3, 0.4) is 0 Å². The Kier molecular flexibility index (Phi) is 10.5. The first kappa shape index (κ1) is 22.3. The molecule has 1 unspecified atom stereocenters.